The molecule has 0 amide bonds. The van der Waals surface area contributed by atoms with Crippen LogP contribution in [0.3, 0.4) is 0 Å². The molecule has 1 heterocycles. The second kappa shape index (κ2) is 7.31. The number of hydrogen-bond donors (Lipinski definition) is 1. The van der Waals surface area contributed by atoms with E-state index in [1.807, 2.05) is 19.3 Å². The number of aliphatic hydroxyl groups excluding tert-OH is 1. The van der Waals surface area contributed by atoms with Crippen molar-refractivity contribution in [2.45, 2.75) is 26.9 Å². The summed E-state index contributed by atoms with van der Waals surface area (Å²) in [5.41, 5.74) is 1.07. The highest BCUT2D eigenvalue weighted by atomic mass is 16.5. The molecule has 1 unspecified atom stereocenters. The Morgan fingerprint density at radius 3 is 2.00 bits per heavy atom. The number of hydrogen-bond acceptors (Lipinski definition) is 4. The molecule has 0 aromatic carbocycles. The molecule has 15 heavy (non-hydrogen) atoms. The molecule has 0 saturated heterocycles. The van der Waals surface area contributed by atoms with Crippen LogP contribution in [-0.4, -0.2) is 29.3 Å². The Kier molecular flexibility index (Phi) is 6.83. The minimum Gasteiger partial charge on any atom is -0.400 e. The Morgan fingerprint density at radius 2 is 1.67 bits per heavy atom. The molecule has 4 heteroatoms. The van der Waals surface area contributed by atoms with Crippen LogP contribution in [0.1, 0.15) is 31.3 Å². The summed E-state index contributed by atoms with van der Waals surface area (Å²) in [6.45, 7) is 6.16. The molecule has 1 aromatic rings. The fourth-order valence-corrected chi connectivity index (χ4v) is 1.23. The zero-order valence-corrected chi connectivity index (χ0v) is 10.1. The molecule has 1 atom stereocenters. The summed E-state index contributed by atoms with van der Waals surface area (Å²) < 4.78 is 5.31. The van der Waals surface area contributed by atoms with E-state index in [2.05, 4.69) is 23.8 Å². The van der Waals surface area contributed by atoms with Gasteiger partial charge in [0.25, 0.3) is 0 Å². The quantitative estimate of drug-likeness (QED) is 0.829. The van der Waals surface area contributed by atoms with Gasteiger partial charge in [-0.1, -0.05) is 13.8 Å². The van der Waals surface area contributed by atoms with Gasteiger partial charge in [-0.05, 0) is 18.4 Å². The van der Waals surface area contributed by atoms with Crippen LogP contribution in [0, 0.1) is 12.8 Å². The van der Waals surface area contributed by atoms with E-state index in [9.17, 15) is 0 Å². The maximum Gasteiger partial charge on any atom is 0.157 e. The highest BCUT2D eigenvalue weighted by Gasteiger charge is 2.17. The fraction of sp³-hybridized carbons (Fsp3) is 0.636. The minimum absolute atomic E-state index is 0.000556. The van der Waals surface area contributed by atoms with Crippen molar-refractivity contribution < 1.29 is 9.84 Å². The second-order valence-corrected chi connectivity index (χ2v) is 3.52. The van der Waals surface area contributed by atoms with Crippen LogP contribution >= 0.6 is 0 Å². The van der Waals surface area contributed by atoms with Crippen LogP contribution in [0.2, 0.25) is 0 Å². The first-order valence-electron chi connectivity index (χ1n) is 4.91. The van der Waals surface area contributed by atoms with Crippen LogP contribution in [-0.2, 0) is 4.74 Å². The first-order chi connectivity index (χ1) is 7.15. The van der Waals surface area contributed by atoms with E-state index in [1.54, 1.807) is 7.11 Å². The van der Waals surface area contributed by atoms with E-state index >= 15 is 0 Å². The Bertz CT molecular complexity index is 260. The van der Waals surface area contributed by atoms with E-state index < -0.39 is 0 Å². The first-order valence-corrected chi connectivity index (χ1v) is 4.91. The first kappa shape index (κ1) is 14.0. The van der Waals surface area contributed by atoms with Crippen molar-refractivity contribution in [3.63, 3.8) is 0 Å². The van der Waals surface area contributed by atoms with Crippen molar-refractivity contribution in [1.29, 1.82) is 0 Å². The van der Waals surface area contributed by atoms with Crippen molar-refractivity contribution in [3.8, 4) is 0 Å². The maximum absolute atomic E-state index is 7.00. The third-order valence-corrected chi connectivity index (χ3v) is 1.91. The molecule has 0 bridgehead atoms. The Labute approximate surface area is 91.3 Å². The third kappa shape index (κ3) is 4.36. The van der Waals surface area contributed by atoms with Crippen molar-refractivity contribution in [3.05, 3.63) is 23.8 Å². The summed E-state index contributed by atoms with van der Waals surface area (Å²) in [6, 6.07) is 0. The number of aromatic nitrogens is 2. The van der Waals surface area contributed by atoms with E-state index in [4.69, 9.17) is 9.84 Å². The van der Waals surface area contributed by atoms with Gasteiger partial charge in [0.15, 0.2) is 5.82 Å². The largest absolute Gasteiger partial charge is 0.400 e. The predicted octanol–water partition coefficient (Wildman–Crippen LogP) is 1.74. The number of aliphatic hydroxyl groups is 1. The molecule has 0 radical (unpaired) electrons. The van der Waals surface area contributed by atoms with Gasteiger partial charge in [0.05, 0.1) is 0 Å². The zero-order valence-electron chi connectivity index (χ0n) is 10.1. The van der Waals surface area contributed by atoms with Gasteiger partial charge in [0.1, 0.15) is 6.10 Å². The molecule has 0 fully saturated rings. The van der Waals surface area contributed by atoms with Crippen LogP contribution in [0.25, 0.3) is 0 Å². The normalized spacial score (nSPS) is 11.9. The molecule has 1 aromatic heterocycles. The average Bonchev–Trinajstić information content (AvgIpc) is 2.24. The fourth-order valence-electron chi connectivity index (χ4n) is 1.23. The van der Waals surface area contributed by atoms with E-state index in [-0.39, 0.29) is 6.10 Å². The highest BCUT2D eigenvalue weighted by molar-refractivity contribution is 5.03. The van der Waals surface area contributed by atoms with Gasteiger partial charge in [-0.2, -0.15) is 0 Å². The number of rotatable bonds is 3. The summed E-state index contributed by atoms with van der Waals surface area (Å²) in [5, 5.41) is 7.00. The molecule has 1 N–H and O–H groups in total. The van der Waals surface area contributed by atoms with Crippen LogP contribution < -0.4 is 0 Å². The molecule has 0 aliphatic carbocycles. The lowest BCUT2D eigenvalue weighted by molar-refractivity contribution is 0.0574. The Balaban J connectivity index is 0.000000921. The number of methoxy groups -OCH3 is 1. The number of aryl methyl sites for hydroxylation is 1. The van der Waals surface area contributed by atoms with E-state index in [1.165, 1.54) is 0 Å². The lowest BCUT2D eigenvalue weighted by Crippen LogP contribution is -2.12. The van der Waals surface area contributed by atoms with Gasteiger partial charge < -0.3 is 9.84 Å². The summed E-state index contributed by atoms with van der Waals surface area (Å²) in [5.74, 6) is 1.16. The molecule has 86 valence electrons. The van der Waals surface area contributed by atoms with Crippen LogP contribution in [0.15, 0.2) is 12.4 Å². The summed E-state index contributed by atoms with van der Waals surface area (Å²) in [7, 11) is 2.69. The van der Waals surface area contributed by atoms with Gasteiger partial charge in [-0.15, -0.1) is 0 Å². The summed E-state index contributed by atoms with van der Waals surface area (Å²) in [4.78, 5) is 8.47. The van der Waals surface area contributed by atoms with Gasteiger partial charge in [-0.25, -0.2) is 9.97 Å². The lowest BCUT2D eigenvalue weighted by atomic mass is 10.1. The van der Waals surface area contributed by atoms with Gasteiger partial charge in [0.2, 0.25) is 0 Å². The number of nitrogens with zero attached hydrogens (tertiary/aromatic N) is 2. The van der Waals surface area contributed by atoms with Crippen LogP contribution in [0.4, 0.5) is 0 Å². The second-order valence-electron chi connectivity index (χ2n) is 3.52. The smallest absolute Gasteiger partial charge is 0.157 e. The topological polar surface area (TPSA) is 55.2 Å². The van der Waals surface area contributed by atoms with Gasteiger partial charge in [0, 0.05) is 26.6 Å². The molecular weight excluding hydrogens is 192 g/mol. The Morgan fingerprint density at radius 1 is 1.20 bits per heavy atom. The van der Waals surface area contributed by atoms with Gasteiger partial charge in [-0.3, -0.25) is 0 Å². The molecule has 0 saturated carbocycles. The molecule has 0 aliphatic rings. The van der Waals surface area contributed by atoms with Crippen LogP contribution in [0.5, 0.6) is 0 Å². The average molecular weight is 212 g/mol. The third-order valence-electron chi connectivity index (χ3n) is 1.91. The molecular formula is C11H20N2O2. The van der Waals surface area contributed by atoms with Crippen molar-refractivity contribution in [2.75, 3.05) is 14.2 Å². The standard InChI is InChI=1S/C10H16N2O.CH4O/c1-7(2)9(13-4)10-11-5-8(3)6-12-10;1-2/h5-7,9H,1-4H3;2H,1H3. The summed E-state index contributed by atoms with van der Waals surface area (Å²) in [6.07, 6.45) is 3.63. The molecule has 0 aliphatic heterocycles. The maximum atomic E-state index is 7.00. The van der Waals surface area contributed by atoms with E-state index in [0.717, 1.165) is 18.5 Å². The van der Waals surface area contributed by atoms with Gasteiger partial charge >= 0.3 is 0 Å². The SMILES string of the molecule is CO.COC(c1ncc(C)cn1)C(C)C. The van der Waals surface area contributed by atoms with E-state index in [0.29, 0.717) is 5.92 Å². The Hall–Kier alpha value is -1.00. The monoisotopic (exact) mass is 212 g/mol. The minimum atomic E-state index is 0.000556. The summed E-state index contributed by atoms with van der Waals surface area (Å²) >= 11 is 0. The lowest BCUT2D eigenvalue weighted by Gasteiger charge is -2.17. The molecule has 0 spiro atoms. The van der Waals surface area contributed by atoms with Crippen molar-refractivity contribution in [1.82, 2.24) is 9.97 Å². The molecule has 1 rings (SSSR count). The highest BCUT2D eigenvalue weighted by Crippen LogP contribution is 2.20. The number of ether oxygens (including phenoxy) is 1. The van der Waals surface area contributed by atoms with Crippen molar-refractivity contribution >= 4 is 0 Å². The zero-order chi connectivity index (χ0) is 11.8. The predicted molar refractivity (Wildman–Crippen MR) is 59.5 cm³/mol. The molecule has 4 nitrogen and oxygen atoms in total. The van der Waals surface area contributed by atoms with Crippen molar-refractivity contribution in [2.24, 2.45) is 5.92 Å².